The number of hydrogen-bond acceptors (Lipinski definition) is 3. The van der Waals surface area contributed by atoms with Gasteiger partial charge in [0.05, 0.1) is 4.90 Å². The zero-order valence-corrected chi connectivity index (χ0v) is 21.2. The Hall–Kier alpha value is -2.18. The number of aryl methyl sites for hydroxylation is 1. The summed E-state index contributed by atoms with van der Waals surface area (Å²) in [5, 5.41) is 0.594. The first-order valence-corrected chi connectivity index (χ1v) is 13.2. The van der Waals surface area contributed by atoms with Gasteiger partial charge in [0.2, 0.25) is 10.0 Å². The molecular weight excluding hydrogens is 452 g/mol. The third-order valence-corrected chi connectivity index (χ3v) is 8.37. The molecule has 0 bridgehead atoms. The molecular formula is C27H33ClN2O2S. The summed E-state index contributed by atoms with van der Waals surface area (Å²) in [7, 11) is -0.0539. The summed E-state index contributed by atoms with van der Waals surface area (Å²) in [6.07, 6.45) is 3.28. The van der Waals surface area contributed by atoms with Gasteiger partial charge < -0.3 is 0 Å². The number of benzene rings is 3. The number of rotatable bonds is 11. The lowest BCUT2D eigenvalue weighted by atomic mass is 9.92. The van der Waals surface area contributed by atoms with Crippen molar-refractivity contribution in [2.24, 2.45) is 0 Å². The molecule has 0 saturated heterocycles. The summed E-state index contributed by atoms with van der Waals surface area (Å²) in [6.45, 7) is 2.82. The van der Waals surface area contributed by atoms with Crippen molar-refractivity contribution >= 4 is 21.6 Å². The van der Waals surface area contributed by atoms with Gasteiger partial charge in [-0.05, 0) is 61.7 Å². The highest BCUT2D eigenvalue weighted by Gasteiger charge is 2.45. The van der Waals surface area contributed by atoms with Crippen molar-refractivity contribution in [1.29, 1.82) is 0 Å². The molecule has 0 N–H and O–H groups in total. The Bertz CT molecular complexity index is 1120. The molecule has 1 atom stereocenters. The average molecular weight is 485 g/mol. The zero-order chi connectivity index (χ0) is 23.9. The Balaban J connectivity index is 2.02. The van der Waals surface area contributed by atoms with Crippen LogP contribution in [0.3, 0.4) is 0 Å². The second-order valence-corrected chi connectivity index (χ2v) is 10.8. The highest BCUT2D eigenvalue weighted by atomic mass is 35.5. The van der Waals surface area contributed by atoms with Crippen LogP contribution in [0.25, 0.3) is 0 Å². The molecule has 0 aliphatic carbocycles. The summed E-state index contributed by atoms with van der Waals surface area (Å²) in [4.78, 5) is 2.46. The van der Waals surface area contributed by atoms with Gasteiger partial charge in [0, 0.05) is 18.6 Å². The van der Waals surface area contributed by atoms with Crippen LogP contribution in [0.5, 0.6) is 0 Å². The van der Waals surface area contributed by atoms with Crippen molar-refractivity contribution in [3.8, 4) is 0 Å². The summed E-state index contributed by atoms with van der Waals surface area (Å²) < 4.78 is 29.1. The highest BCUT2D eigenvalue weighted by molar-refractivity contribution is 7.89. The maximum atomic E-state index is 13.8. The molecule has 0 radical (unpaired) electrons. The van der Waals surface area contributed by atoms with E-state index < -0.39 is 15.7 Å². The fourth-order valence-electron chi connectivity index (χ4n) is 4.52. The van der Waals surface area contributed by atoms with Crippen molar-refractivity contribution < 1.29 is 8.42 Å². The summed E-state index contributed by atoms with van der Waals surface area (Å²) in [5.74, 6) is 0. The van der Waals surface area contributed by atoms with Crippen LogP contribution in [0.2, 0.25) is 5.02 Å². The molecule has 0 unspecified atom stereocenters. The maximum Gasteiger partial charge on any atom is 0.244 e. The molecule has 0 aliphatic heterocycles. The van der Waals surface area contributed by atoms with E-state index in [1.54, 1.807) is 31.3 Å². The van der Waals surface area contributed by atoms with Crippen molar-refractivity contribution in [2.75, 3.05) is 20.6 Å². The summed E-state index contributed by atoms with van der Waals surface area (Å²) >= 11 is 6.39. The van der Waals surface area contributed by atoms with E-state index >= 15 is 0 Å². The minimum Gasteiger partial charge on any atom is -0.284 e. The lowest BCUT2D eigenvalue weighted by Gasteiger charge is -2.48. The molecule has 0 aliphatic rings. The van der Waals surface area contributed by atoms with Crippen LogP contribution < -0.4 is 0 Å². The SMILES string of the molecule is CCC[C@](c1cccc(Cl)c1)(N(C)CCCc1ccccc1)N(C)S(=O)(=O)c1ccccc1. The van der Waals surface area contributed by atoms with Crippen LogP contribution in [0.1, 0.15) is 37.3 Å². The third kappa shape index (κ3) is 5.67. The Morgan fingerprint density at radius 3 is 2.12 bits per heavy atom. The lowest BCUT2D eigenvalue weighted by molar-refractivity contribution is 0.00740. The second-order valence-electron chi connectivity index (χ2n) is 8.37. The number of hydrogen-bond donors (Lipinski definition) is 0. The molecule has 0 heterocycles. The van der Waals surface area contributed by atoms with Gasteiger partial charge in [-0.3, -0.25) is 4.90 Å². The van der Waals surface area contributed by atoms with E-state index in [0.29, 0.717) is 11.4 Å². The Kier molecular flexibility index (Phi) is 8.71. The van der Waals surface area contributed by atoms with Crippen LogP contribution in [-0.4, -0.2) is 38.3 Å². The molecule has 3 aromatic rings. The molecule has 0 fully saturated rings. The largest absolute Gasteiger partial charge is 0.284 e. The molecule has 0 saturated carbocycles. The molecule has 33 heavy (non-hydrogen) atoms. The quantitative estimate of drug-likeness (QED) is 0.305. The van der Waals surface area contributed by atoms with Gasteiger partial charge in [-0.15, -0.1) is 0 Å². The molecule has 0 spiro atoms. The van der Waals surface area contributed by atoms with Gasteiger partial charge in [0.15, 0.2) is 0 Å². The topological polar surface area (TPSA) is 40.6 Å². The second kappa shape index (κ2) is 11.3. The van der Waals surface area contributed by atoms with Gasteiger partial charge in [-0.1, -0.05) is 85.6 Å². The molecule has 0 aromatic heterocycles. The standard InChI is InChI=1S/C27H33ClN2O2S/c1-4-20-27(24-16-11-17-25(28)22-24,29(2)21-12-15-23-13-7-5-8-14-23)30(3)33(31,32)26-18-9-6-10-19-26/h5-11,13-14,16-19,22H,4,12,15,20-21H2,1-3H3/t27-/m0/s1. The Labute approximate surface area is 203 Å². The molecule has 3 aromatic carbocycles. The van der Waals surface area contributed by atoms with Crippen LogP contribution in [-0.2, 0) is 22.1 Å². The van der Waals surface area contributed by atoms with Crippen LogP contribution >= 0.6 is 11.6 Å². The summed E-state index contributed by atoms with van der Waals surface area (Å²) in [6, 6.07) is 26.6. The van der Waals surface area contributed by atoms with E-state index in [9.17, 15) is 8.42 Å². The van der Waals surface area contributed by atoms with Gasteiger partial charge in [0.25, 0.3) is 0 Å². The smallest absolute Gasteiger partial charge is 0.244 e. The monoisotopic (exact) mass is 484 g/mol. The van der Waals surface area contributed by atoms with Gasteiger partial charge in [-0.2, -0.15) is 4.31 Å². The third-order valence-electron chi connectivity index (χ3n) is 6.24. The average Bonchev–Trinajstić information content (AvgIpc) is 2.83. The van der Waals surface area contributed by atoms with E-state index in [0.717, 1.165) is 31.4 Å². The van der Waals surface area contributed by atoms with E-state index in [-0.39, 0.29) is 4.90 Å². The Morgan fingerprint density at radius 2 is 1.52 bits per heavy atom. The first-order chi connectivity index (χ1) is 15.8. The fraction of sp³-hybridized carbons (Fsp3) is 0.333. The molecule has 4 nitrogen and oxygen atoms in total. The predicted octanol–water partition coefficient (Wildman–Crippen LogP) is 6.18. The van der Waals surface area contributed by atoms with E-state index in [4.69, 9.17) is 11.6 Å². The normalized spacial score (nSPS) is 13.9. The highest BCUT2D eigenvalue weighted by Crippen LogP contribution is 2.40. The van der Waals surface area contributed by atoms with Crippen molar-refractivity contribution in [2.45, 2.75) is 43.2 Å². The zero-order valence-electron chi connectivity index (χ0n) is 19.6. The maximum absolute atomic E-state index is 13.8. The van der Waals surface area contributed by atoms with Gasteiger partial charge in [0.1, 0.15) is 5.66 Å². The minimum atomic E-state index is -3.75. The lowest BCUT2D eigenvalue weighted by Crippen LogP contribution is -2.57. The van der Waals surface area contributed by atoms with Crippen molar-refractivity contribution in [3.63, 3.8) is 0 Å². The van der Waals surface area contributed by atoms with E-state index in [2.05, 4.69) is 24.0 Å². The van der Waals surface area contributed by atoms with Crippen molar-refractivity contribution in [3.05, 3.63) is 101 Å². The van der Waals surface area contributed by atoms with Crippen molar-refractivity contribution in [1.82, 2.24) is 9.21 Å². The van der Waals surface area contributed by atoms with Crippen LogP contribution in [0.4, 0.5) is 0 Å². The van der Waals surface area contributed by atoms with Gasteiger partial charge >= 0.3 is 0 Å². The number of nitrogens with zero attached hydrogens (tertiary/aromatic N) is 2. The number of halogens is 1. The molecule has 6 heteroatoms. The molecule has 176 valence electrons. The van der Waals surface area contributed by atoms with E-state index in [1.165, 1.54) is 9.87 Å². The summed E-state index contributed by atoms with van der Waals surface area (Å²) in [5.41, 5.74) is 1.28. The number of sulfonamides is 1. The molecule has 0 amide bonds. The first kappa shape index (κ1) is 25.4. The predicted molar refractivity (Wildman–Crippen MR) is 137 cm³/mol. The van der Waals surface area contributed by atoms with E-state index in [1.807, 2.05) is 55.6 Å². The minimum absolute atomic E-state index is 0.285. The van der Waals surface area contributed by atoms with Gasteiger partial charge in [-0.25, -0.2) is 8.42 Å². The first-order valence-electron chi connectivity index (χ1n) is 11.4. The Morgan fingerprint density at radius 1 is 0.879 bits per heavy atom. The van der Waals surface area contributed by atoms with Crippen LogP contribution in [0, 0.1) is 0 Å². The molecule has 3 rings (SSSR count). The fourth-order valence-corrected chi connectivity index (χ4v) is 6.26. The van der Waals surface area contributed by atoms with Crippen LogP contribution in [0.15, 0.2) is 89.8 Å².